The Morgan fingerprint density at radius 2 is 1.93 bits per heavy atom. The molecule has 1 aromatic carbocycles. The molecule has 0 bridgehead atoms. The molecule has 7 nitrogen and oxygen atoms in total. The predicted molar refractivity (Wildman–Crippen MR) is 104 cm³/mol. The van der Waals surface area contributed by atoms with Crippen LogP contribution < -0.4 is 15.4 Å². The summed E-state index contributed by atoms with van der Waals surface area (Å²) in [6, 6.07) is 6.64. The van der Waals surface area contributed by atoms with E-state index in [9.17, 15) is 9.59 Å². The first-order valence-corrected chi connectivity index (χ1v) is 9.16. The fourth-order valence-corrected chi connectivity index (χ4v) is 2.97. The first-order valence-electron chi connectivity index (χ1n) is 8.76. The standard InChI is InChI=1S/C19H24N2O5S/c1-5-24-17(22)12(4)26-14-9-7-8-13(10-14)16-15(18(23)25-6-2)11(3)20-19(27)21-16/h7-10,12,16H,5-6H2,1-4H3,(H2,20,21,27)/t12-,16+/m0/s1. The quantitative estimate of drug-likeness (QED) is 0.540. The Morgan fingerprint density at radius 1 is 1.22 bits per heavy atom. The van der Waals surface area contributed by atoms with E-state index in [1.807, 2.05) is 6.07 Å². The zero-order chi connectivity index (χ0) is 20.0. The molecule has 0 radical (unpaired) electrons. The van der Waals surface area contributed by atoms with Gasteiger partial charge < -0.3 is 24.8 Å². The Balaban J connectivity index is 2.30. The Kier molecular flexibility index (Phi) is 7.18. The summed E-state index contributed by atoms with van der Waals surface area (Å²) in [5.74, 6) is -0.374. The fraction of sp³-hybridized carbons (Fsp3) is 0.421. The lowest BCUT2D eigenvalue weighted by Gasteiger charge is -2.30. The van der Waals surface area contributed by atoms with Crippen LogP contribution in [0.2, 0.25) is 0 Å². The minimum absolute atomic E-state index is 0.271. The fourth-order valence-electron chi connectivity index (χ4n) is 2.70. The Labute approximate surface area is 164 Å². The highest BCUT2D eigenvalue weighted by atomic mass is 32.1. The molecule has 2 rings (SSSR count). The van der Waals surface area contributed by atoms with Gasteiger partial charge in [-0.2, -0.15) is 0 Å². The molecule has 2 atom stereocenters. The molecule has 0 saturated heterocycles. The van der Waals surface area contributed by atoms with Gasteiger partial charge in [0.1, 0.15) is 5.75 Å². The zero-order valence-corrected chi connectivity index (χ0v) is 16.6. The Hall–Kier alpha value is -2.61. The summed E-state index contributed by atoms with van der Waals surface area (Å²) in [6.45, 7) is 7.44. The molecule has 1 aromatic rings. The lowest BCUT2D eigenvalue weighted by atomic mass is 9.95. The van der Waals surface area contributed by atoms with Crippen LogP contribution in [0.5, 0.6) is 5.75 Å². The van der Waals surface area contributed by atoms with Crippen molar-refractivity contribution < 1.29 is 23.8 Å². The monoisotopic (exact) mass is 392 g/mol. The number of esters is 2. The number of hydrogen-bond donors (Lipinski definition) is 2. The van der Waals surface area contributed by atoms with E-state index in [4.69, 9.17) is 26.4 Å². The van der Waals surface area contributed by atoms with Crippen LogP contribution >= 0.6 is 12.2 Å². The minimum atomic E-state index is -0.746. The van der Waals surface area contributed by atoms with Gasteiger partial charge in [0.2, 0.25) is 0 Å². The molecule has 0 aliphatic carbocycles. The van der Waals surface area contributed by atoms with Crippen molar-refractivity contribution in [2.75, 3.05) is 13.2 Å². The summed E-state index contributed by atoms with van der Waals surface area (Å²) < 4.78 is 15.8. The lowest BCUT2D eigenvalue weighted by molar-refractivity contribution is -0.150. The molecule has 1 aliphatic heterocycles. The molecular weight excluding hydrogens is 368 g/mol. The van der Waals surface area contributed by atoms with Gasteiger partial charge in [0.05, 0.1) is 24.8 Å². The van der Waals surface area contributed by atoms with E-state index >= 15 is 0 Å². The molecule has 0 spiro atoms. The molecular formula is C19H24N2O5S. The summed E-state index contributed by atoms with van der Waals surface area (Å²) in [5.41, 5.74) is 1.84. The molecule has 8 heteroatoms. The molecule has 1 heterocycles. The van der Waals surface area contributed by atoms with Crippen LogP contribution in [0.4, 0.5) is 0 Å². The highest BCUT2D eigenvalue weighted by molar-refractivity contribution is 7.80. The normalized spacial score (nSPS) is 17.5. The average molecular weight is 392 g/mol. The third kappa shape index (κ3) is 5.19. The highest BCUT2D eigenvalue weighted by Gasteiger charge is 2.31. The summed E-state index contributed by atoms with van der Waals surface area (Å²) in [4.78, 5) is 24.2. The molecule has 27 heavy (non-hydrogen) atoms. The number of hydrogen-bond acceptors (Lipinski definition) is 6. The number of nitrogens with one attached hydrogen (secondary N) is 2. The van der Waals surface area contributed by atoms with Crippen molar-refractivity contribution in [2.24, 2.45) is 0 Å². The zero-order valence-electron chi connectivity index (χ0n) is 15.8. The third-order valence-corrected chi connectivity index (χ3v) is 4.11. The number of allylic oxidation sites excluding steroid dienone is 1. The highest BCUT2D eigenvalue weighted by Crippen LogP contribution is 2.30. The van der Waals surface area contributed by atoms with Crippen LogP contribution in [-0.2, 0) is 19.1 Å². The second kappa shape index (κ2) is 9.36. The van der Waals surface area contributed by atoms with Crippen molar-refractivity contribution in [3.8, 4) is 5.75 Å². The van der Waals surface area contributed by atoms with Crippen molar-refractivity contribution in [3.63, 3.8) is 0 Å². The summed E-state index contributed by atoms with van der Waals surface area (Å²) in [6.07, 6.45) is -0.746. The van der Waals surface area contributed by atoms with Gasteiger partial charge in [0.15, 0.2) is 11.2 Å². The molecule has 1 aliphatic rings. The van der Waals surface area contributed by atoms with Crippen molar-refractivity contribution in [1.29, 1.82) is 0 Å². The van der Waals surface area contributed by atoms with Crippen molar-refractivity contribution in [3.05, 3.63) is 41.1 Å². The third-order valence-electron chi connectivity index (χ3n) is 3.89. The number of ether oxygens (including phenoxy) is 3. The van der Waals surface area contributed by atoms with E-state index in [-0.39, 0.29) is 13.2 Å². The Bertz CT molecular complexity index is 762. The largest absolute Gasteiger partial charge is 0.479 e. The van der Waals surface area contributed by atoms with Gasteiger partial charge in [-0.1, -0.05) is 12.1 Å². The van der Waals surface area contributed by atoms with Gasteiger partial charge in [0.25, 0.3) is 0 Å². The number of carbonyl (C=O) groups is 2. The molecule has 0 aromatic heterocycles. The van der Waals surface area contributed by atoms with Gasteiger partial charge in [0, 0.05) is 5.70 Å². The van der Waals surface area contributed by atoms with E-state index in [1.54, 1.807) is 45.9 Å². The topological polar surface area (TPSA) is 85.9 Å². The average Bonchev–Trinajstić information content (AvgIpc) is 2.61. The predicted octanol–water partition coefficient (Wildman–Crippen LogP) is 2.37. The molecule has 0 unspecified atom stereocenters. The maximum absolute atomic E-state index is 12.4. The van der Waals surface area contributed by atoms with Gasteiger partial charge in [-0.15, -0.1) is 0 Å². The van der Waals surface area contributed by atoms with Crippen LogP contribution in [0.25, 0.3) is 0 Å². The molecule has 0 saturated carbocycles. The lowest BCUT2D eigenvalue weighted by Crippen LogP contribution is -2.45. The Morgan fingerprint density at radius 3 is 2.59 bits per heavy atom. The first-order chi connectivity index (χ1) is 12.9. The second-order valence-corrected chi connectivity index (χ2v) is 6.28. The summed E-state index contributed by atoms with van der Waals surface area (Å²) in [5, 5.41) is 6.46. The van der Waals surface area contributed by atoms with Crippen LogP contribution in [0.3, 0.4) is 0 Å². The van der Waals surface area contributed by atoms with E-state index in [2.05, 4.69) is 10.6 Å². The first kappa shape index (κ1) is 20.7. The molecule has 2 N–H and O–H groups in total. The number of carbonyl (C=O) groups excluding carboxylic acids is 2. The number of rotatable bonds is 7. The molecule has 0 amide bonds. The molecule has 0 fully saturated rings. The van der Waals surface area contributed by atoms with Gasteiger partial charge in [-0.05, 0) is 57.6 Å². The van der Waals surface area contributed by atoms with Crippen molar-refractivity contribution >= 4 is 29.3 Å². The number of thiocarbonyl (C=S) groups is 1. The van der Waals surface area contributed by atoms with E-state index in [0.717, 1.165) is 5.56 Å². The van der Waals surface area contributed by atoms with E-state index in [0.29, 0.717) is 22.1 Å². The second-order valence-electron chi connectivity index (χ2n) is 5.88. The molecule has 146 valence electrons. The maximum Gasteiger partial charge on any atom is 0.347 e. The van der Waals surface area contributed by atoms with Crippen molar-refractivity contribution in [2.45, 2.75) is 39.8 Å². The van der Waals surface area contributed by atoms with Crippen molar-refractivity contribution in [1.82, 2.24) is 10.6 Å². The SMILES string of the molecule is CCOC(=O)C1=C(C)NC(=S)N[C@@H]1c1cccc(O[C@@H](C)C(=O)OCC)c1. The van der Waals surface area contributed by atoms with Gasteiger partial charge in [-0.25, -0.2) is 9.59 Å². The minimum Gasteiger partial charge on any atom is -0.479 e. The van der Waals surface area contributed by atoms with Gasteiger partial charge >= 0.3 is 11.9 Å². The van der Waals surface area contributed by atoms with E-state index < -0.39 is 24.1 Å². The summed E-state index contributed by atoms with van der Waals surface area (Å²) in [7, 11) is 0. The van der Waals surface area contributed by atoms with Gasteiger partial charge in [-0.3, -0.25) is 0 Å². The number of benzene rings is 1. The van der Waals surface area contributed by atoms with Crippen LogP contribution in [0.1, 0.15) is 39.3 Å². The summed E-state index contributed by atoms with van der Waals surface area (Å²) >= 11 is 5.23. The maximum atomic E-state index is 12.4. The van der Waals surface area contributed by atoms with Crippen LogP contribution in [-0.4, -0.2) is 36.4 Å². The van der Waals surface area contributed by atoms with E-state index in [1.165, 1.54) is 0 Å². The van der Waals surface area contributed by atoms with Crippen LogP contribution in [0.15, 0.2) is 35.5 Å². The van der Waals surface area contributed by atoms with Crippen LogP contribution in [0, 0.1) is 0 Å². The smallest absolute Gasteiger partial charge is 0.347 e.